The minimum Gasteiger partial charge on any atom is -0.481 e. The summed E-state index contributed by atoms with van der Waals surface area (Å²) < 4.78 is 1.50. The van der Waals surface area contributed by atoms with Gasteiger partial charge in [0.25, 0.3) is 0 Å². The zero-order valence-corrected chi connectivity index (χ0v) is 14.6. The topological polar surface area (TPSA) is 109 Å². The monoisotopic (exact) mass is 357 g/mol. The molecule has 8 heteroatoms. The lowest BCUT2D eigenvalue weighted by atomic mass is 9.86. The largest absolute Gasteiger partial charge is 0.481 e. The Bertz CT molecular complexity index is 737. The van der Waals surface area contributed by atoms with Crippen molar-refractivity contribution in [3.8, 4) is 0 Å². The van der Waals surface area contributed by atoms with Crippen molar-refractivity contribution in [2.75, 3.05) is 10.6 Å². The SMILES string of the molecule is CC(C(=O)Nc1ccc(NC2CCC(C(=O)O)CC2)cc1)n1cncn1. The van der Waals surface area contributed by atoms with Gasteiger partial charge in [0.1, 0.15) is 18.7 Å². The van der Waals surface area contributed by atoms with Crippen molar-refractivity contribution in [3.63, 3.8) is 0 Å². The fourth-order valence-electron chi connectivity index (χ4n) is 3.15. The Balaban J connectivity index is 1.51. The van der Waals surface area contributed by atoms with E-state index < -0.39 is 12.0 Å². The maximum Gasteiger partial charge on any atom is 0.306 e. The molecular weight excluding hydrogens is 334 g/mol. The van der Waals surface area contributed by atoms with E-state index in [1.165, 1.54) is 17.3 Å². The first kappa shape index (κ1) is 17.9. The lowest BCUT2D eigenvalue weighted by Gasteiger charge is -2.27. The minimum absolute atomic E-state index is 0.164. The van der Waals surface area contributed by atoms with Crippen molar-refractivity contribution in [2.24, 2.45) is 5.92 Å². The maximum atomic E-state index is 12.2. The number of aromatic nitrogens is 3. The van der Waals surface area contributed by atoms with Gasteiger partial charge in [-0.25, -0.2) is 9.67 Å². The number of anilines is 2. The van der Waals surface area contributed by atoms with E-state index in [2.05, 4.69) is 20.7 Å². The van der Waals surface area contributed by atoms with Crippen LogP contribution >= 0.6 is 0 Å². The van der Waals surface area contributed by atoms with E-state index in [0.29, 0.717) is 24.6 Å². The van der Waals surface area contributed by atoms with E-state index in [1.807, 2.05) is 24.3 Å². The first-order valence-corrected chi connectivity index (χ1v) is 8.77. The molecule has 3 rings (SSSR count). The summed E-state index contributed by atoms with van der Waals surface area (Å²) in [6.45, 7) is 1.76. The molecule has 1 aliphatic rings. The molecule has 0 aliphatic heterocycles. The third kappa shape index (κ3) is 4.38. The lowest BCUT2D eigenvalue weighted by Crippen LogP contribution is -2.29. The summed E-state index contributed by atoms with van der Waals surface area (Å²) in [6.07, 6.45) is 6.03. The predicted molar refractivity (Wildman–Crippen MR) is 96.8 cm³/mol. The first-order valence-electron chi connectivity index (χ1n) is 8.77. The van der Waals surface area contributed by atoms with Crippen molar-refractivity contribution in [1.29, 1.82) is 0 Å². The van der Waals surface area contributed by atoms with Gasteiger partial charge in [-0.1, -0.05) is 0 Å². The Morgan fingerprint density at radius 2 is 1.81 bits per heavy atom. The number of carboxylic acid groups (broad SMARTS) is 1. The van der Waals surface area contributed by atoms with Crippen LogP contribution in [0.2, 0.25) is 0 Å². The molecule has 1 atom stereocenters. The average Bonchev–Trinajstić information content (AvgIpc) is 3.18. The molecule has 1 unspecified atom stereocenters. The number of carboxylic acids is 1. The van der Waals surface area contributed by atoms with Crippen molar-refractivity contribution in [3.05, 3.63) is 36.9 Å². The number of aliphatic carboxylic acids is 1. The van der Waals surface area contributed by atoms with Gasteiger partial charge in [-0.15, -0.1) is 0 Å². The highest BCUT2D eigenvalue weighted by molar-refractivity contribution is 5.93. The molecule has 1 aromatic heterocycles. The smallest absolute Gasteiger partial charge is 0.306 e. The van der Waals surface area contributed by atoms with Crippen LogP contribution in [-0.2, 0) is 9.59 Å². The molecular formula is C18H23N5O3. The third-order valence-electron chi connectivity index (χ3n) is 4.81. The standard InChI is InChI=1S/C18H23N5O3/c1-12(23-11-19-10-20-23)17(24)22-16-8-6-15(7-9-16)21-14-4-2-13(3-5-14)18(25)26/h6-14,21H,2-5H2,1H3,(H,22,24)(H,25,26). The summed E-state index contributed by atoms with van der Waals surface area (Å²) in [7, 11) is 0. The van der Waals surface area contributed by atoms with Crippen LogP contribution in [0.4, 0.5) is 11.4 Å². The molecule has 0 radical (unpaired) electrons. The van der Waals surface area contributed by atoms with Gasteiger partial charge in [0.15, 0.2) is 0 Å². The lowest BCUT2D eigenvalue weighted by molar-refractivity contribution is -0.142. The Kier molecular flexibility index (Phi) is 5.50. The summed E-state index contributed by atoms with van der Waals surface area (Å²) in [5.74, 6) is -1.07. The van der Waals surface area contributed by atoms with Gasteiger partial charge >= 0.3 is 5.97 Å². The van der Waals surface area contributed by atoms with Crippen LogP contribution in [0.15, 0.2) is 36.9 Å². The summed E-state index contributed by atoms with van der Waals surface area (Å²) >= 11 is 0. The normalized spacial score (nSPS) is 21.0. The van der Waals surface area contributed by atoms with Gasteiger partial charge < -0.3 is 15.7 Å². The highest BCUT2D eigenvalue weighted by Gasteiger charge is 2.25. The van der Waals surface area contributed by atoms with E-state index in [1.54, 1.807) is 6.92 Å². The van der Waals surface area contributed by atoms with Gasteiger partial charge in [0, 0.05) is 17.4 Å². The van der Waals surface area contributed by atoms with Crippen LogP contribution in [0.5, 0.6) is 0 Å². The fraction of sp³-hybridized carbons (Fsp3) is 0.444. The second-order valence-corrected chi connectivity index (χ2v) is 6.65. The Morgan fingerprint density at radius 1 is 1.15 bits per heavy atom. The van der Waals surface area contributed by atoms with Crippen LogP contribution in [-0.4, -0.2) is 37.8 Å². The van der Waals surface area contributed by atoms with Gasteiger partial charge in [0.2, 0.25) is 5.91 Å². The van der Waals surface area contributed by atoms with E-state index >= 15 is 0 Å². The van der Waals surface area contributed by atoms with E-state index in [9.17, 15) is 9.59 Å². The molecule has 138 valence electrons. The number of rotatable bonds is 6. The van der Waals surface area contributed by atoms with Crippen LogP contribution in [0, 0.1) is 5.92 Å². The number of carbonyl (C=O) groups is 2. The zero-order valence-electron chi connectivity index (χ0n) is 14.6. The molecule has 0 spiro atoms. The molecule has 1 amide bonds. The molecule has 26 heavy (non-hydrogen) atoms. The minimum atomic E-state index is -0.691. The summed E-state index contributed by atoms with van der Waals surface area (Å²) in [5.41, 5.74) is 1.67. The van der Waals surface area contributed by atoms with Crippen LogP contribution < -0.4 is 10.6 Å². The second kappa shape index (κ2) is 7.99. The molecule has 8 nitrogen and oxygen atoms in total. The van der Waals surface area contributed by atoms with Gasteiger partial charge in [-0.05, 0) is 56.9 Å². The second-order valence-electron chi connectivity index (χ2n) is 6.65. The first-order chi connectivity index (χ1) is 12.5. The van der Waals surface area contributed by atoms with Gasteiger partial charge in [-0.3, -0.25) is 9.59 Å². The van der Waals surface area contributed by atoms with Crippen LogP contribution in [0.25, 0.3) is 0 Å². The average molecular weight is 357 g/mol. The summed E-state index contributed by atoms with van der Waals surface area (Å²) in [5, 5.41) is 19.3. The summed E-state index contributed by atoms with van der Waals surface area (Å²) in [6, 6.07) is 7.37. The highest BCUT2D eigenvalue weighted by Crippen LogP contribution is 2.27. The maximum absolute atomic E-state index is 12.2. The summed E-state index contributed by atoms with van der Waals surface area (Å²) in [4.78, 5) is 27.1. The van der Waals surface area contributed by atoms with Crippen molar-refractivity contribution < 1.29 is 14.7 Å². The Morgan fingerprint density at radius 3 is 2.38 bits per heavy atom. The number of nitrogens with one attached hydrogen (secondary N) is 2. The molecule has 1 fully saturated rings. The van der Waals surface area contributed by atoms with E-state index in [4.69, 9.17) is 5.11 Å². The predicted octanol–water partition coefficient (Wildman–Crippen LogP) is 2.53. The Labute approximate surface area is 151 Å². The quantitative estimate of drug-likeness (QED) is 0.733. The number of nitrogens with zero attached hydrogens (tertiary/aromatic N) is 3. The van der Waals surface area contributed by atoms with Crippen LogP contribution in [0.1, 0.15) is 38.6 Å². The van der Waals surface area contributed by atoms with Gasteiger partial charge in [0.05, 0.1) is 5.92 Å². The third-order valence-corrected chi connectivity index (χ3v) is 4.81. The van der Waals surface area contributed by atoms with E-state index in [-0.39, 0.29) is 11.8 Å². The Hall–Kier alpha value is -2.90. The van der Waals surface area contributed by atoms with Crippen molar-refractivity contribution in [1.82, 2.24) is 14.8 Å². The molecule has 1 heterocycles. The number of amides is 1. The number of hydrogen-bond donors (Lipinski definition) is 3. The number of hydrogen-bond acceptors (Lipinski definition) is 5. The van der Waals surface area contributed by atoms with Crippen molar-refractivity contribution >= 4 is 23.3 Å². The molecule has 0 saturated heterocycles. The number of benzene rings is 1. The molecule has 1 aliphatic carbocycles. The fourth-order valence-corrected chi connectivity index (χ4v) is 3.15. The van der Waals surface area contributed by atoms with E-state index in [0.717, 1.165) is 18.5 Å². The molecule has 1 aromatic carbocycles. The highest BCUT2D eigenvalue weighted by atomic mass is 16.4. The molecule has 0 bridgehead atoms. The molecule has 3 N–H and O–H groups in total. The molecule has 1 saturated carbocycles. The van der Waals surface area contributed by atoms with Crippen LogP contribution in [0.3, 0.4) is 0 Å². The van der Waals surface area contributed by atoms with Crippen molar-refractivity contribution in [2.45, 2.75) is 44.7 Å². The zero-order chi connectivity index (χ0) is 18.5. The number of carbonyl (C=O) groups excluding carboxylic acids is 1. The molecule has 2 aromatic rings. The van der Waals surface area contributed by atoms with Gasteiger partial charge in [-0.2, -0.15) is 5.10 Å².